The molecule has 0 unspecified atom stereocenters. The van der Waals surface area contributed by atoms with Gasteiger partial charge in [0.05, 0.1) is 64.0 Å². The maximum absolute atomic E-state index is 14.2. The van der Waals surface area contributed by atoms with Gasteiger partial charge in [0.15, 0.2) is 0 Å². The number of amides is 3. The van der Waals surface area contributed by atoms with E-state index in [1.807, 2.05) is 28.5 Å². The van der Waals surface area contributed by atoms with Gasteiger partial charge in [-0.2, -0.15) is 4.98 Å². The van der Waals surface area contributed by atoms with E-state index in [0.29, 0.717) is 93.7 Å². The Kier molecular flexibility index (Phi) is 21.4. The van der Waals surface area contributed by atoms with Crippen LogP contribution in [0.15, 0.2) is 71.6 Å². The standard InChI is InChI=1S/C53H70N10O8S2/c1-35(2)31-57-45-19-20-56-53(61-45)58-32-41-33-72-50(59-41)39-17-15-38(16-18-39)49(66)55-21-23-68-24-25-69-26-27-70-28-29-71-42-13-8-12-40(30-42)47(64)43-34-73-51(60-43)44-14-9-22-63(44)52(67)46(37-10-6-5-7-11-37)62-48(65)36(3)54-4/h8,12-13,15-20,30,33-37,44,46,54H,5-7,9-11,14,21-29,31-32H2,1-4H3,(H,55,66)(H,62,65)(H2,56,57,58,61)/t36-,44-,46-/m0/s1. The smallest absolute Gasteiger partial charge is 0.251 e. The number of likely N-dealkylation sites (N-methyl/N-ethyl adjacent to an activating group) is 1. The van der Waals surface area contributed by atoms with E-state index in [1.54, 1.807) is 61.9 Å². The first-order chi connectivity index (χ1) is 35.6. The molecule has 0 spiro atoms. The molecule has 2 fully saturated rings. The zero-order valence-corrected chi connectivity index (χ0v) is 44.0. The quantitative estimate of drug-likeness (QED) is 0.0237. The van der Waals surface area contributed by atoms with Crippen molar-refractivity contribution in [3.05, 3.63) is 99.1 Å². The Hall–Kier alpha value is -5.90. The normalized spacial score (nSPS) is 15.7. The maximum Gasteiger partial charge on any atom is 0.251 e. The summed E-state index contributed by atoms with van der Waals surface area (Å²) in [4.78, 5) is 73.7. The third-order valence-electron chi connectivity index (χ3n) is 12.7. The molecule has 0 bridgehead atoms. The molecule has 5 aromatic rings. The molecule has 18 nitrogen and oxygen atoms in total. The molecule has 3 aromatic heterocycles. The summed E-state index contributed by atoms with van der Waals surface area (Å²) in [5, 5.41) is 20.8. The lowest BCUT2D eigenvalue weighted by molar-refractivity contribution is -0.139. The zero-order valence-electron chi connectivity index (χ0n) is 42.4. The molecule has 7 rings (SSSR count). The van der Waals surface area contributed by atoms with Crippen molar-refractivity contribution in [3.63, 3.8) is 0 Å². The van der Waals surface area contributed by atoms with E-state index >= 15 is 0 Å². The van der Waals surface area contributed by atoms with Crippen molar-refractivity contribution in [2.75, 3.05) is 83.6 Å². The summed E-state index contributed by atoms with van der Waals surface area (Å²) in [6.07, 6.45) is 8.38. The van der Waals surface area contributed by atoms with E-state index < -0.39 is 12.1 Å². The van der Waals surface area contributed by atoms with Gasteiger partial charge in [-0.05, 0) is 81.8 Å². The molecule has 2 aromatic carbocycles. The van der Waals surface area contributed by atoms with Crippen molar-refractivity contribution in [3.8, 4) is 16.3 Å². The first kappa shape index (κ1) is 54.9. The molecule has 5 N–H and O–H groups in total. The Morgan fingerprint density at radius 3 is 2.29 bits per heavy atom. The molecule has 4 heterocycles. The van der Waals surface area contributed by atoms with Gasteiger partial charge < -0.3 is 50.4 Å². The van der Waals surface area contributed by atoms with E-state index in [-0.39, 0.29) is 42.1 Å². The van der Waals surface area contributed by atoms with Gasteiger partial charge >= 0.3 is 0 Å². The number of carbonyl (C=O) groups excluding carboxylic acids is 4. The number of hydrogen-bond donors (Lipinski definition) is 5. The fourth-order valence-electron chi connectivity index (χ4n) is 8.55. The minimum absolute atomic E-state index is 0.0614. The van der Waals surface area contributed by atoms with Gasteiger partial charge in [0.1, 0.15) is 39.9 Å². The number of nitrogens with zero attached hydrogens (tertiary/aromatic N) is 5. The Balaban J connectivity index is 0.734. The first-order valence-corrected chi connectivity index (χ1v) is 27.2. The number of carbonyl (C=O) groups is 4. The molecule has 2 aliphatic rings. The van der Waals surface area contributed by atoms with Crippen LogP contribution in [0.5, 0.6) is 5.75 Å². The van der Waals surface area contributed by atoms with Crippen molar-refractivity contribution in [2.45, 2.75) is 90.4 Å². The molecule has 20 heteroatoms. The number of benzene rings is 2. The van der Waals surface area contributed by atoms with E-state index in [2.05, 4.69) is 50.4 Å². The van der Waals surface area contributed by atoms with Crippen LogP contribution in [-0.2, 0) is 30.3 Å². The second kappa shape index (κ2) is 28.5. The summed E-state index contributed by atoms with van der Waals surface area (Å²) in [5.41, 5.74) is 3.13. The molecule has 0 radical (unpaired) electrons. The van der Waals surface area contributed by atoms with Crippen LogP contribution in [0.4, 0.5) is 11.8 Å². The van der Waals surface area contributed by atoms with Crippen LogP contribution in [0.25, 0.3) is 10.6 Å². The molecule has 1 aliphatic carbocycles. The van der Waals surface area contributed by atoms with Crippen LogP contribution in [0.2, 0.25) is 0 Å². The predicted molar refractivity (Wildman–Crippen MR) is 283 cm³/mol. The summed E-state index contributed by atoms with van der Waals surface area (Å²) in [5.74, 6) is 1.81. The van der Waals surface area contributed by atoms with Crippen molar-refractivity contribution in [2.24, 2.45) is 11.8 Å². The van der Waals surface area contributed by atoms with Crippen molar-refractivity contribution in [1.29, 1.82) is 0 Å². The minimum Gasteiger partial charge on any atom is -0.491 e. The molecule has 1 saturated heterocycles. The first-order valence-electron chi connectivity index (χ1n) is 25.4. The third-order valence-corrected chi connectivity index (χ3v) is 14.6. The van der Waals surface area contributed by atoms with E-state index in [1.165, 1.54) is 22.7 Å². The number of thiazole rings is 2. The number of aromatic nitrogens is 4. The average molecular weight is 1040 g/mol. The molecule has 392 valence electrons. The van der Waals surface area contributed by atoms with Gasteiger partial charge in [0, 0.05) is 53.3 Å². The number of rotatable bonds is 29. The van der Waals surface area contributed by atoms with Crippen molar-refractivity contribution in [1.82, 2.24) is 40.8 Å². The minimum atomic E-state index is -0.583. The van der Waals surface area contributed by atoms with Gasteiger partial charge in [0.25, 0.3) is 5.91 Å². The molecule has 1 aliphatic heterocycles. The number of anilines is 2. The van der Waals surface area contributed by atoms with Gasteiger partial charge in [-0.3, -0.25) is 19.2 Å². The maximum atomic E-state index is 14.2. The molecule has 73 heavy (non-hydrogen) atoms. The number of hydrogen-bond acceptors (Lipinski definition) is 17. The van der Waals surface area contributed by atoms with Crippen LogP contribution in [0.3, 0.4) is 0 Å². The van der Waals surface area contributed by atoms with Crippen LogP contribution in [-0.4, -0.2) is 133 Å². The Bertz CT molecular complexity index is 2530. The second-order valence-corrected chi connectivity index (χ2v) is 20.3. The summed E-state index contributed by atoms with van der Waals surface area (Å²) in [6, 6.07) is 15.0. The van der Waals surface area contributed by atoms with Gasteiger partial charge in [-0.15, -0.1) is 22.7 Å². The number of likely N-dealkylation sites (tertiary alicyclic amines) is 1. The molecule has 1 saturated carbocycles. The zero-order chi connectivity index (χ0) is 51.4. The van der Waals surface area contributed by atoms with E-state index in [4.69, 9.17) is 28.9 Å². The van der Waals surface area contributed by atoms with Crippen LogP contribution < -0.4 is 31.3 Å². The molecular formula is C53H70N10O8S2. The number of nitrogens with one attached hydrogen (secondary N) is 5. The SMILES string of the molecule is CN[C@@H](C)C(=O)N[C@H](C(=O)N1CCC[C@H]1c1nc(C(=O)c2cccc(OCCOCCOCCOCCNC(=O)c3ccc(-c4nc(CNc5nccc(NCC(C)C)n5)cs4)cc3)c2)cs1)C1CCCCC1. The van der Waals surface area contributed by atoms with Crippen LogP contribution in [0, 0.1) is 11.8 Å². The summed E-state index contributed by atoms with van der Waals surface area (Å²) < 4.78 is 22.8. The van der Waals surface area contributed by atoms with Crippen LogP contribution in [0.1, 0.15) is 109 Å². The fraction of sp³-hybridized carbons (Fsp3) is 0.509. The highest BCUT2D eigenvalue weighted by Gasteiger charge is 2.40. The Morgan fingerprint density at radius 2 is 1.53 bits per heavy atom. The second-order valence-electron chi connectivity index (χ2n) is 18.6. The third kappa shape index (κ3) is 16.6. The highest BCUT2D eigenvalue weighted by Crippen LogP contribution is 2.37. The predicted octanol–water partition coefficient (Wildman–Crippen LogP) is 7.16. The summed E-state index contributed by atoms with van der Waals surface area (Å²) >= 11 is 2.93. The Morgan fingerprint density at radius 1 is 0.781 bits per heavy atom. The average Bonchev–Trinajstić information content (AvgIpc) is 4.23. The largest absolute Gasteiger partial charge is 0.491 e. The monoisotopic (exact) mass is 1040 g/mol. The van der Waals surface area contributed by atoms with Gasteiger partial charge in [0.2, 0.25) is 23.5 Å². The highest BCUT2D eigenvalue weighted by molar-refractivity contribution is 7.13. The van der Waals surface area contributed by atoms with Crippen LogP contribution >= 0.6 is 22.7 Å². The van der Waals surface area contributed by atoms with Gasteiger partial charge in [-0.1, -0.05) is 57.4 Å². The molecule has 3 atom stereocenters. The topological polar surface area (TPSA) is 220 Å². The molecular weight excluding hydrogens is 969 g/mol. The number of ether oxygens (including phenoxy) is 4. The lowest BCUT2D eigenvalue weighted by Gasteiger charge is -2.35. The van der Waals surface area contributed by atoms with Gasteiger partial charge in [-0.25, -0.2) is 15.0 Å². The number of ketones is 1. The fourth-order valence-corrected chi connectivity index (χ4v) is 10.3. The van der Waals surface area contributed by atoms with Crippen molar-refractivity contribution >= 4 is 57.9 Å². The Labute approximate surface area is 436 Å². The van der Waals surface area contributed by atoms with Crippen molar-refractivity contribution < 1.29 is 38.1 Å². The highest BCUT2D eigenvalue weighted by atomic mass is 32.1. The van der Waals surface area contributed by atoms with E-state index in [9.17, 15) is 19.2 Å². The summed E-state index contributed by atoms with van der Waals surface area (Å²) in [7, 11) is 1.74. The molecule has 3 amide bonds. The summed E-state index contributed by atoms with van der Waals surface area (Å²) in [6.45, 7) is 10.8. The van der Waals surface area contributed by atoms with E-state index in [0.717, 1.165) is 78.6 Å². The lowest BCUT2D eigenvalue weighted by Crippen LogP contribution is -2.55. The lowest BCUT2D eigenvalue weighted by atomic mass is 9.83.